The van der Waals surface area contributed by atoms with Crippen molar-refractivity contribution >= 4 is 33.1 Å². The van der Waals surface area contributed by atoms with Crippen molar-refractivity contribution in [3.63, 3.8) is 0 Å². The first-order chi connectivity index (χ1) is 12.4. The van der Waals surface area contributed by atoms with Gasteiger partial charge in [-0.05, 0) is 24.1 Å². The Balaban J connectivity index is 1.67. The molecule has 2 aromatic rings. The number of aryl methyl sites for hydroxylation is 1. The maximum Gasteiger partial charge on any atom is 0.261 e. The van der Waals surface area contributed by atoms with Crippen LogP contribution in [0.15, 0.2) is 35.2 Å². The first-order valence-electron chi connectivity index (χ1n) is 8.22. The molecular weight excluding hydrogens is 378 g/mol. The molecule has 0 unspecified atom stereocenters. The van der Waals surface area contributed by atoms with Crippen LogP contribution < -0.4 is 14.2 Å². The van der Waals surface area contributed by atoms with E-state index in [0.717, 1.165) is 12.0 Å². The molecule has 136 valence electrons. The van der Waals surface area contributed by atoms with Crippen molar-refractivity contribution < 1.29 is 22.7 Å². The first kappa shape index (κ1) is 17.2. The molecule has 0 saturated heterocycles. The Morgan fingerprint density at radius 2 is 1.73 bits per heavy atom. The highest BCUT2D eigenvalue weighted by Gasteiger charge is 2.24. The van der Waals surface area contributed by atoms with Gasteiger partial charge >= 0.3 is 0 Å². The predicted octanol–water partition coefficient (Wildman–Crippen LogP) is 3.43. The van der Waals surface area contributed by atoms with E-state index >= 15 is 0 Å². The van der Waals surface area contributed by atoms with Gasteiger partial charge in [-0.2, -0.15) is 0 Å². The number of sulfonamides is 1. The molecule has 1 aliphatic carbocycles. The van der Waals surface area contributed by atoms with E-state index in [1.165, 1.54) is 24.3 Å². The van der Waals surface area contributed by atoms with Crippen LogP contribution >= 0.6 is 11.6 Å². The number of ketones is 1. The van der Waals surface area contributed by atoms with Crippen molar-refractivity contribution in [2.75, 3.05) is 17.9 Å². The Bertz CT molecular complexity index is 1000. The number of hydrogen-bond acceptors (Lipinski definition) is 5. The monoisotopic (exact) mass is 393 g/mol. The fourth-order valence-electron chi connectivity index (χ4n) is 3.05. The zero-order chi connectivity index (χ0) is 18.3. The molecule has 0 radical (unpaired) electrons. The molecule has 1 heterocycles. The summed E-state index contributed by atoms with van der Waals surface area (Å²) in [5.74, 6) is 0.887. The summed E-state index contributed by atoms with van der Waals surface area (Å²) in [5, 5.41) is 0.204. The van der Waals surface area contributed by atoms with Gasteiger partial charge in [-0.25, -0.2) is 8.42 Å². The minimum atomic E-state index is -3.90. The van der Waals surface area contributed by atoms with Crippen LogP contribution in [0, 0.1) is 0 Å². The molecule has 26 heavy (non-hydrogen) atoms. The SMILES string of the molecule is O=C1CCc2ccc(S(=O)(=O)Nc3cc4c(cc3Cl)OCCCO4)cc21. The Morgan fingerprint density at radius 3 is 2.50 bits per heavy atom. The van der Waals surface area contributed by atoms with Crippen LogP contribution in [0.4, 0.5) is 5.69 Å². The Hall–Kier alpha value is -2.25. The Labute approximate surface area is 156 Å². The second-order valence-corrected chi connectivity index (χ2v) is 8.27. The van der Waals surface area contributed by atoms with E-state index in [-0.39, 0.29) is 21.4 Å². The van der Waals surface area contributed by atoms with Gasteiger partial charge in [-0.1, -0.05) is 17.7 Å². The van der Waals surface area contributed by atoms with Crippen LogP contribution in [0.25, 0.3) is 0 Å². The first-order valence-corrected chi connectivity index (χ1v) is 10.1. The van der Waals surface area contributed by atoms with Crippen LogP contribution in [0.2, 0.25) is 5.02 Å². The Kier molecular flexibility index (Phi) is 4.28. The quantitative estimate of drug-likeness (QED) is 0.863. The lowest BCUT2D eigenvalue weighted by Gasteiger charge is -2.14. The van der Waals surface area contributed by atoms with Gasteiger partial charge in [0.05, 0.1) is 28.8 Å². The Morgan fingerprint density at radius 1 is 1.00 bits per heavy atom. The van der Waals surface area contributed by atoms with E-state index in [1.807, 2.05) is 0 Å². The number of carbonyl (C=O) groups is 1. The lowest BCUT2D eigenvalue weighted by Crippen LogP contribution is -2.14. The number of ether oxygens (including phenoxy) is 2. The van der Waals surface area contributed by atoms with Gasteiger partial charge in [0, 0.05) is 30.5 Å². The third-order valence-corrected chi connectivity index (χ3v) is 6.07. The molecule has 0 bridgehead atoms. The van der Waals surface area contributed by atoms with Crippen LogP contribution in [0.5, 0.6) is 11.5 Å². The second-order valence-electron chi connectivity index (χ2n) is 6.18. The normalized spacial score (nSPS) is 16.1. The molecule has 0 spiro atoms. The number of nitrogens with one attached hydrogen (secondary N) is 1. The largest absolute Gasteiger partial charge is 0.490 e. The molecule has 2 aliphatic rings. The van der Waals surface area contributed by atoms with Crippen LogP contribution in [0.1, 0.15) is 28.8 Å². The van der Waals surface area contributed by atoms with Crippen molar-refractivity contribution in [1.29, 1.82) is 0 Å². The summed E-state index contributed by atoms with van der Waals surface area (Å²) in [4.78, 5) is 11.9. The molecule has 0 saturated carbocycles. The maximum absolute atomic E-state index is 12.7. The molecule has 6 nitrogen and oxygen atoms in total. The van der Waals surface area contributed by atoms with E-state index in [0.29, 0.717) is 43.1 Å². The average molecular weight is 394 g/mol. The molecular formula is C18H16ClNO5S. The van der Waals surface area contributed by atoms with Gasteiger partial charge < -0.3 is 9.47 Å². The highest BCUT2D eigenvalue weighted by Crippen LogP contribution is 2.38. The van der Waals surface area contributed by atoms with Crippen LogP contribution in [0.3, 0.4) is 0 Å². The topological polar surface area (TPSA) is 81.7 Å². The molecule has 0 fully saturated rings. The summed E-state index contributed by atoms with van der Waals surface area (Å²) < 4.78 is 39.1. The van der Waals surface area contributed by atoms with Gasteiger partial charge in [0.25, 0.3) is 10.0 Å². The number of Topliss-reactive ketones (excluding diaryl/α,β-unsaturated/α-hetero) is 1. The molecule has 1 aliphatic heterocycles. The summed E-state index contributed by atoms with van der Waals surface area (Å²) in [6.07, 6.45) is 1.80. The molecule has 0 amide bonds. The van der Waals surface area contributed by atoms with Gasteiger partial charge in [0.15, 0.2) is 17.3 Å². The van der Waals surface area contributed by atoms with Crippen molar-refractivity contribution in [1.82, 2.24) is 0 Å². The van der Waals surface area contributed by atoms with Gasteiger partial charge in [-0.3, -0.25) is 9.52 Å². The van der Waals surface area contributed by atoms with Crippen molar-refractivity contribution in [3.05, 3.63) is 46.5 Å². The lowest BCUT2D eigenvalue weighted by atomic mass is 10.1. The number of anilines is 1. The number of fused-ring (bicyclic) bond motifs is 2. The second kappa shape index (κ2) is 6.48. The number of rotatable bonds is 3. The molecule has 2 aromatic carbocycles. The fourth-order valence-corrected chi connectivity index (χ4v) is 4.40. The fraction of sp³-hybridized carbons (Fsp3) is 0.278. The van der Waals surface area contributed by atoms with E-state index in [9.17, 15) is 13.2 Å². The minimum absolute atomic E-state index is 0.0228. The number of benzene rings is 2. The maximum atomic E-state index is 12.7. The molecule has 0 aromatic heterocycles. The van der Waals surface area contributed by atoms with Crippen molar-refractivity contribution in [3.8, 4) is 11.5 Å². The summed E-state index contributed by atoms with van der Waals surface area (Å²) in [6.45, 7) is 0.991. The highest BCUT2D eigenvalue weighted by atomic mass is 35.5. The standard InChI is InChI=1S/C18H16ClNO5S/c19-14-9-17-18(25-7-1-6-24-17)10-15(14)20-26(22,23)12-4-2-11-3-5-16(21)13(11)8-12/h2,4,8-10,20H,1,3,5-7H2. The third kappa shape index (κ3) is 3.12. The van der Waals surface area contributed by atoms with Gasteiger partial charge in [0.1, 0.15) is 0 Å². The van der Waals surface area contributed by atoms with Gasteiger partial charge in [0.2, 0.25) is 0 Å². The molecule has 4 rings (SSSR count). The highest BCUT2D eigenvalue weighted by molar-refractivity contribution is 7.92. The molecule has 1 N–H and O–H groups in total. The summed E-state index contributed by atoms with van der Waals surface area (Å²) in [5.41, 5.74) is 1.54. The lowest BCUT2D eigenvalue weighted by molar-refractivity contribution is 0.0994. The number of hydrogen-bond donors (Lipinski definition) is 1. The number of halogens is 1. The zero-order valence-corrected chi connectivity index (χ0v) is 15.3. The van der Waals surface area contributed by atoms with Crippen molar-refractivity contribution in [2.45, 2.75) is 24.2 Å². The van der Waals surface area contributed by atoms with E-state index < -0.39 is 10.0 Å². The summed E-state index contributed by atoms with van der Waals surface area (Å²) in [7, 11) is -3.90. The summed E-state index contributed by atoms with van der Waals surface area (Å²) >= 11 is 6.21. The van der Waals surface area contributed by atoms with Crippen LogP contribution in [-0.2, 0) is 16.4 Å². The predicted molar refractivity (Wildman–Crippen MR) is 97.0 cm³/mol. The van der Waals surface area contributed by atoms with E-state index in [4.69, 9.17) is 21.1 Å². The smallest absolute Gasteiger partial charge is 0.261 e. The summed E-state index contributed by atoms with van der Waals surface area (Å²) in [6, 6.07) is 7.65. The van der Waals surface area contributed by atoms with Crippen LogP contribution in [-0.4, -0.2) is 27.4 Å². The molecule has 0 atom stereocenters. The number of carbonyl (C=O) groups excluding carboxylic acids is 1. The van der Waals surface area contributed by atoms with Crippen molar-refractivity contribution in [2.24, 2.45) is 0 Å². The van der Waals surface area contributed by atoms with E-state index in [2.05, 4.69) is 4.72 Å². The van der Waals surface area contributed by atoms with Gasteiger partial charge in [-0.15, -0.1) is 0 Å². The average Bonchev–Trinajstić information content (AvgIpc) is 2.83. The van der Waals surface area contributed by atoms with E-state index in [1.54, 1.807) is 6.07 Å². The minimum Gasteiger partial charge on any atom is -0.490 e. The molecule has 8 heteroatoms. The zero-order valence-electron chi connectivity index (χ0n) is 13.7. The third-order valence-electron chi connectivity index (χ3n) is 4.39.